The van der Waals surface area contributed by atoms with Crippen LogP contribution in [0.3, 0.4) is 0 Å². The van der Waals surface area contributed by atoms with Crippen molar-refractivity contribution in [3.63, 3.8) is 0 Å². The number of piperidine rings is 1. The minimum absolute atomic E-state index is 0.0377. The minimum atomic E-state index is -0.239. The quantitative estimate of drug-likeness (QED) is 0.664. The molecule has 0 aliphatic carbocycles. The van der Waals surface area contributed by atoms with Crippen molar-refractivity contribution < 1.29 is 14.3 Å². The van der Waals surface area contributed by atoms with Crippen molar-refractivity contribution in [3.8, 4) is 5.75 Å². The van der Waals surface area contributed by atoms with E-state index in [1.807, 2.05) is 17.2 Å². The molecule has 1 saturated heterocycles. The average Bonchev–Trinajstić information content (AvgIpc) is 2.77. The van der Waals surface area contributed by atoms with Gasteiger partial charge in [0.05, 0.1) is 12.5 Å². The summed E-state index contributed by atoms with van der Waals surface area (Å²) < 4.78 is 13.1. The summed E-state index contributed by atoms with van der Waals surface area (Å²) in [7, 11) is 0. The Balaban J connectivity index is 1.45. The molecule has 0 radical (unpaired) electrons. The van der Waals surface area contributed by atoms with Gasteiger partial charge in [0, 0.05) is 24.9 Å². The molecular formula is C25H25FN2O2. The molecule has 1 fully saturated rings. The molecule has 4 nitrogen and oxygen atoms in total. The highest BCUT2D eigenvalue weighted by atomic mass is 19.1. The van der Waals surface area contributed by atoms with Crippen LogP contribution in [0.15, 0.2) is 66.9 Å². The number of hydrogen-bond acceptors (Lipinski definition) is 3. The van der Waals surface area contributed by atoms with E-state index in [9.17, 15) is 14.3 Å². The Morgan fingerprint density at radius 2 is 1.73 bits per heavy atom. The zero-order valence-electron chi connectivity index (χ0n) is 16.8. The fourth-order valence-corrected chi connectivity index (χ4v) is 4.02. The fourth-order valence-electron chi connectivity index (χ4n) is 4.02. The zero-order valence-corrected chi connectivity index (χ0v) is 16.8. The van der Waals surface area contributed by atoms with E-state index >= 15 is 0 Å². The molecule has 0 unspecified atom stereocenters. The van der Waals surface area contributed by atoms with E-state index in [4.69, 9.17) is 0 Å². The molecule has 2 aromatic carbocycles. The Bertz CT molecular complexity index is 985. The Hall–Kier alpha value is -3.21. The third-order valence-electron chi connectivity index (χ3n) is 5.65. The van der Waals surface area contributed by atoms with Crippen LogP contribution in [0.2, 0.25) is 0 Å². The van der Waals surface area contributed by atoms with E-state index in [0.717, 1.165) is 48.2 Å². The number of aromatic nitrogens is 1. The zero-order chi connectivity index (χ0) is 20.9. The molecule has 0 bridgehead atoms. The summed E-state index contributed by atoms with van der Waals surface area (Å²) >= 11 is 0. The first kappa shape index (κ1) is 20.1. The van der Waals surface area contributed by atoms with Gasteiger partial charge in [0.15, 0.2) is 0 Å². The molecule has 2 heterocycles. The van der Waals surface area contributed by atoms with E-state index < -0.39 is 0 Å². The number of hydrogen-bond donors (Lipinski definition) is 1. The predicted molar refractivity (Wildman–Crippen MR) is 114 cm³/mol. The molecule has 1 N–H and O–H groups in total. The summed E-state index contributed by atoms with van der Waals surface area (Å²) in [6.45, 7) is 0.749. The van der Waals surface area contributed by atoms with Crippen LogP contribution in [0.5, 0.6) is 5.75 Å². The number of halogens is 1. The van der Waals surface area contributed by atoms with Gasteiger partial charge in [-0.15, -0.1) is 0 Å². The van der Waals surface area contributed by atoms with Crippen LogP contribution in [-0.2, 0) is 17.6 Å². The third kappa shape index (κ3) is 4.85. The maximum Gasteiger partial charge on any atom is 0.227 e. The van der Waals surface area contributed by atoms with Gasteiger partial charge >= 0.3 is 0 Å². The van der Waals surface area contributed by atoms with Gasteiger partial charge in [0.1, 0.15) is 11.6 Å². The number of nitrogens with zero attached hydrogens (tertiary/aromatic N) is 2. The molecule has 1 atom stereocenters. The molecule has 1 aliphatic heterocycles. The lowest BCUT2D eigenvalue weighted by molar-refractivity contribution is -0.134. The van der Waals surface area contributed by atoms with Crippen LogP contribution in [0.4, 0.5) is 4.39 Å². The highest BCUT2D eigenvalue weighted by molar-refractivity contribution is 5.79. The Labute approximate surface area is 176 Å². The summed E-state index contributed by atoms with van der Waals surface area (Å²) in [6, 6.07) is 17.4. The first-order valence-electron chi connectivity index (χ1n) is 10.3. The van der Waals surface area contributed by atoms with E-state index in [1.54, 1.807) is 36.4 Å². The van der Waals surface area contributed by atoms with E-state index in [1.165, 1.54) is 12.1 Å². The van der Waals surface area contributed by atoms with Crippen molar-refractivity contribution >= 4 is 5.91 Å². The lowest BCUT2D eigenvalue weighted by Crippen LogP contribution is -2.39. The topological polar surface area (TPSA) is 53.4 Å². The maximum atomic E-state index is 13.1. The third-order valence-corrected chi connectivity index (χ3v) is 5.65. The number of phenols is 1. The molecular weight excluding hydrogens is 379 g/mol. The van der Waals surface area contributed by atoms with E-state index in [0.29, 0.717) is 12.8 Å². The summed E-state index contributed by atoms with van der Waals surface area (Å²) in [4.78, 5) is 19.5. The van der Waals surface area contributed by atoms with Crippen molar-refractivity contribution in [2.24, 2.45) is 0 Å². The maximum absolute atomic E-state index is 13.1. The van der Waals surface area contributed by atoms with E-state index in [2.05, 4.69) is 11.1 Å². The lowest BCUT2D eigenvalue weighted by atomic mass is 9.95. The number of aromatic hydroxyl groups is 1. The van der Waals surface area contributed by atoms with Gasteiger partial charge in [-0.25, -0.2) is 4.39 Å². The summed E-state index contributed by atoms with van der Waals surface area (Å²) in [6.07, 6.45) is 5.87. The molecule has 0 spiro atoms. The molecule has 30 heavy (non-hydrogen) atoms. The number of rotatable bonds is 5. The summed E-state index contributed by atoms with van der Waals surface area (Å²) in [5, 5.41) is 9.44. The normalized spacial score (nSPS) is 16.4. The minimum Gasteiger partial charge on any atom is -0.508 e. The highest BCUT2D eigenvalue weighted by Crippen LogP contribution is 2.31. The van der Waals surface area contributed by atoms with Gasteiger partial charge in [-0.2, -0.15) is 0 Å². The number of pyridine rings is 1. The van der Waals surface area contributed by atoms with Gasteiger partial charge in [0.2, 0.25) is 5.91 Å². The van der Waals surface area contributed by atoms with E-state index in [-0.39, 0.29) is 23.5 Å². The lowest BCUT2D eigenvalue weighted by Gasteiger charge is -2.36. The van der Waals surface area contributed by atoms with Crippen molar-refractivity contribution in [3.05, 3.63) is 95.1 Å². The van der Waals surface area contributed by atoms with Crippen LogP contribution in [0.1, 0.15) is 47.7 Å². The monoisotopic (exact) mass is 404 g/mol. The molecule has 3 aromatic rings. The first-order valence-corrected chi connectivity index (χ1v) is 10.3. The number of amides is 1. The second-order valence-corrected chi connectivity index (χ2v) is 7.83. The van der Waals surface area contributed by atoms with Gasteiger partial charge in [-0.1, -0.05) is 30.3 Å². The SMILES string of the molecule is O=C(Cc1ccc(O)cc1)N1CCCC[C@H]1c1ccc(Cc2ccc(F)cc2)nc1. The molecule has 1 aromatic heterocycles. The fraction of sp³-hybridized carbons (Fsp3) is 0.280. The Morgan fingerprint density at radius 3 is 2.43 bits per heavy atom. The Kier molecular flexibility index (Phi) is 6.07. The van der Waals surface area contributed by atoms with Crippen LogP contribution in [-0.4, -0.2) is 27.4 Å². The van der Waals surface area contributed by atoms with Gasteiger partial charge in [0.25, 0.3) is 0 Å². The molecule has 154 valence electrons. The Morgan fingerprint density at radius 1 is 1.00 bits per heavy atom. The number of likely N-dealkylation sites (tertiary alicyclic amines) is 1. The first-order chi connectivity index (χ1) is 14.6. The van der Waals surface area contributed by atoms with Crippen LogP contribution in [0.25, 0.3) is 0 Å². The van der Waals surface area contributed by atoms with Crippen LogP contribution >= 0.6 is 0 Å². The molecule has 1 aliphatic rings. The molecule has 5 heteroatoms. The van der Waals surface area contributed by atoms with Crippen molar-refractivity contribution in [1.29, 1.82) is 0 Å². The number of phenolic OH excluding ortho intramolecular Hbond substituents is 1. The van der Waals surface area contributed by atoms with Crippen molar-refractivity contribution in [2.75, 3.05) is 6.54 Å². The van der Waals surface area contributed by atoms with Crippen LogP contribution in [0, 0.1) is 5.82 Å². The predicted octanol–water partition coefficient (Wildman–Crippen LogP) is 4.81. The van der Waals surface area contributed by atoms with Gasteiger partial charge < -0.3 is 10.0 Å². The summed E-state index contributed by atoms with van der Waals surface area (Å²) in [5.74, 6) is 0.0612. The van der Waals surface area contributed by atoms with Gasteiger partial charge in [-0.3, -0.25) is 9.78 Å². The second kappa shape index (κ2) is 9.08. The number of carbonyl (C=O) groups is 1. The molecule has 4 rings (SSSR count). The largest absolute Gasteiger partial charge is 0.508 e. The highest BCUT2D eigenvalue weighted by Gasteiger charge is 2.28. The molecule has 1 amide bonds. The van der Waals surface area contributed by atoms with Crippen LogP contribution < -0.4 is 0 Å². The number of benzene rings is 2. The van der Waals surface area contributed by atoms with Gasteiger partial charge in [-0.05, 0) is 66.3 Å². The second-order valence-electron chi connectivity index (χ2n) is 7.83. The average molecular weight is 404 g/mol. The molecule has 0 saturated carbocycles. The number of carbonyl (C=O) groups excluding carboxylic acids is 1. The smallest absolute Gasteiger partial charge is 0.227 e. The van der Waals surface area contributed by atoms with Crippen molar-refractivity contribution in [2.45, 2.75) is 38.1 Å². The summed E-state index contributed by atoms with van der Waals surface area (Å²) in [5.41, 5.74) is 3.88. The van der Waals surface area contributed by atoms with Crippen molar-refractivity contribution in [1.82, 2.24) is 9.88 Å². The standard InChI is InChI=1S/C25H25FN2O2/c26-21-9-4-18(5-10-21)15-22-11-8-20(17-27-22)24-3-1-2-14-28(24)25(30)16-19-6-12-23(29)13-7-19/h4-13,17,24,29H,1-3,14-16H2/t24-/m0/s1.